The zero-order chi connectivity index (χ0) is 22.3. The molecule has 0 unspecified atom stereocenters. The van der Waals surface area contributed by atoms with Crippen molar-refractivity contribution < 1.29 is 22.0 Å². The molecule has 6 nitrogen and oxygen atoms in total. The van der Waals surface area contributed by atoms with E-state index in [0.717, 1.165) is 9.87 Å². The molecule has 1 aliphatic carbocycles. The molecule has 1 aliphatic heterocycles. The van der Waals surface area contributed by atoms with Crippen LogP contribution in [0.1, 0.15) is 24.3 Å². The second-order valence-electron chi connectivity index (χ2n) is 8.31. The van der Waals surface area contributed by atoms with E-state index in [9.17, 15) is 22.0 Å². The van der Waals surface area contributed by atoms with E-state index in [2.05, 4.69) is 4.72 Å². The van der Waals surface area contributed by atoms with Gasteiger partial charge in [-0.25, -0.2) is 8.78 Å². The highest BCUT2D eigenvalue weighted by molar-refractivity contribution is 7.87. The van der Waals surface area contributed by atoms with E-state index in [1.807, 2.05) is 6.07 Å². The van der Waals surface area contributed by atoms with E-state index in [4.69, 9.17) is 0 Å². The predicted octanol–water partition coefficient (Wildman–Crippen LogP) is 2.73. The standard InChI is InChI=1S/C22H25F2N3O3S/c1-26(2)31(29,30)25-14-10-11-27(13-14)22(28)18-12-17(18)15-6-3-4-7-16(15)21-19(23)8-5-9-20(21)24/h3-9,14,17-18,25H,10-13H2,1-2H3/t14-,17-,18+/m0/s1. The van der Waals surface area contributed by atoms with Crippen LogP contribution in [0.4, 0.5) is 8.78 Å². The molecule has 1 saturated heterocycles. The van der Waals surface area contributed by atoms with Gasteiger partial charge in [0.1, 0.15) is 11.6 Å². The Bertz CT molecular complexity index is 1090. The fourth-order valence-electron chi connectivity index (χ4n) is 4.22. The van der Waals surface area contributed by atoms with Crippen molar-refractivity contribution >= 4 is 16.1 Å². The van der Waals surface area contributed by atoms with E-state index in [-0.39, 0.29) is 29.3 Å². The number of halogens is 2. The first kappa shape index (κ1) is 21.9. The minimum Gasteiger partial charge on any atom is -0.341 e. The zero-order valence-electron chi connectivity index (χ0n) is 17.4. The molecule has 0 aromatic heterocycles. The van der Waals surface area contributed by atoms with Crippen molar-refractivity contribution in [2.45, 2.75) is 24.8 Å². The molecule has 4 rings (SSSR count). The first-order valence-corrected chi connectivity index (χ1v) is 11.6. The molecule has 1 amide bonds. The van der Waals surface area contributed by atoms with Crippen LogP contribution in [-0.4, -0.2) is 56.8 Å². The molecule has 0 spiro atoms. The van der Waals surface area contributed by atoms with Crippen LogP contribution in [0.25, 0.3) is 11.1 Å². The molecule has 0 bridgehead atoms. The van der Waals surface area contributed by atoms with Crippen molar-refractivity contribution in [3.05, 3.63) is 59.7 Å². The first-order chi connectivity index (χ1) is 14.7. The van der Waals surface area contributed by atoms with Crippen LogP contribution in [0, 0.1) is 17.6 Å². The van der Waals surface area contributed by atoms with E-state index in [1.165, 1.54) is 32.3 Å². The molecule has 2 fully saturated rings. The Hall–Kier alpha value is -2.36. The highest BCUT2D eigenvalue weighted by Crippen LogP contribution is 2.51. The van der Waals surface area contributed by atoms with Crippen LogP contribution in [-0.2, 0) is 15.0 Å². The highest BCUT2D eigenvalue weighted by Gasteiger charge is 2.48. The normalized spacial score (nSPS) is 23.4. The van der Waals surface area contributed by atoms with Crippen molar-refractivity contribution in [2.75, 3.05) is 27.2 Å². The maximum absolute atomic E-state index is 14.4. The summed E-state index contributed by atoms with van der Waals surface area (Å²) in [6, 6.07) is 10.5. The molecule has 31 heavy (non-hydrogen) atoms. The molecule has 166 valence electrons. The molecule has 3 atom stereocenters. The van der Waals surface area contributed by atoms with Gasteiger partial charge in [-0.1, -0.05) is 30.3 Å². The van der Waals surface area contributed by atoms with Gasteiger partial charge in [0.15, 0.2) is 0 Å². The lowest BCUT2D eigenvalue weighted by molar-refractivity contribution is -0.131. The van der Waals surface area contributed by atoms with Crippen molar-refractivity contribution in [3.63, 3.8) is 0 Å². The summed E-state index contributed by atoms with van der Waals surface area (Å²) in [7, 11) is -0.661. The summed E-state index contributed by atoms with van der Waals surface area (Å²) in [6.45, 7) is 0.797. The molecule has 9 heteroatoms. The SMILES string of the molecule is CN(C)S(=O)(=O)N[C@H]1CCN(C(=O)[C@@H]2C[C@H]2c2ccccc2-c2c(F)cccc2F)C1. The first-order valence-electron chi connectivity index (χ1n) is 10.2. The zero-order valence-corrected chi connectivity index (χ0v) is 18.2. The molecule has 2 aromatic rings. The summed E-state index contributed by atoms with van der Waals surface area (Å²) in [5, 5.41) is 0. The summed E-state index contributed by atoms with van der Waals surface area (Å²) in [5.74, 6) is -1.68. The Balaban J connectivity index is 1.48. The Labute approximate surface area is 181 Å². The molecular formula is C22H25F2N3O3S. The van der Waals surface area contributed by atoms with Crippen molar-refractivity contribution in [2.24, 2.45) is 5.92 Å². The quantitative estimate of drug-likeness (QED) is 0.737. The Morgan fingerprint density at radius 1 is 1.10 bits per heavy atom. The second kappa shape index (κ2) is 8.29. The summed E-state index contributed by atoms with van der Waals surface area (Å²) in [6.07, 6.45) is 1.16. The number of hydrogen-bond acceptors (Lipinski definition) is 3. The summed E-state index contributed by atoms with van der Waals surface area (Å²) in [4.78, 5) is 14.7. The molecule has 2 aromatic carbocycles. The molecule has 2 aliphatic rings. The van der Waals surface area contributed by atoms with Crippen molar-refractivity contribution in [1.82, 2.24) is 13.9 Å². The number of carbonyl (C=O) groups is 1. The van der Waals surface area contributed by atoms with E-state index < -0.39 is 21.8 Å². The number of rotatable bonds is 6. The van der Waals surface area contributed by atoms with Crippen LogP contribution in [0.5, 0.6) is 0 Å². The van der Waals surface area contributed by atoms with Gasteiger partial charge in [0.2, 0.25) is 5.91 Å². The fraction of sp³-hybridized carbons (Fsp3) is 0.409. The predicted molar refractivity (Wildman–Crippen MR) is 113 cm³/mol. The monoisotopic (exact) mass is 449 g/mol. The topological polar surface area (TPSA) is 69.7 Å². The third-order valence-electron chi connectivity index (χ3n) is 6.00. The molecular weight excluding hydrogens is 424 g/mol. The van der Waals surface area contributed by atoms with Crippen LogP contribution < -0.4 is 4.72 Å². The minimum atomic E-state index is -3.56. The third kappa shape index (κ3) is 4.35. The van der Waals surface area contributed by atoms with Gasteiger partial charge in [0.25, 0.3) is 10.2 Å². The third-order valence-corrected chi connectivity index (χ3v) is 7.59. The van der Waals surface area contributed by atoms with E-state index >= 15 is 0 Å². The van der Waals surface area contributed by atoms with Gasteiger partial charge in [-0.05, 0) is 42.0 Å². The molecule has 1 heterocycles. The van der Waals surface area contributed by atoms with Crippen molar-refractivity contribution in [1.29, 1.82) is 0 Å². The number of nitrogens with one attached hydrogen (secondary N) is 1. The van der Waals surface area contributed by atoms with Gasteiger partial charge in [0, 0.05) is 39.1 Å². The molecule has 1 N–H and O–H groups in total. The van der Waals surface area contributed by atoms with Gasteiger partial charge < -0.3 is 4.90 Å². The van der Waals surface area contributed by atoms with E-state index in [1.54, 1.807) is 23.1 Å². The average Bonchev–Trinajstić information content (AvgIpc) is 3.38. The van der Waals surface area contributed by atoms with Crippen LogP contribution in [0.15, 0.2) is 42.5 Å². The van der Waals surface area contributed by atoms with Gasteiger partial charge in [0.05, 0.1) is 5.56 Å². The number of benzene rings is 2. The van der Waals surface area contributed by atoms with Gasteiger partial charge >= 0.3 is 0 Å². The number of hydrogen-bond donors (Lipinski definition) is 1. The Kier molecular flexibility index (Phi) is 5.85. The van der Waals surface area contributed by atoms with Crippen LogP contribution in [0.3, 0.4) is 0 Å². The largest absolute Gasteiger partial charge is 0.341 e. The van der Waals surface area contributed by atoms with Crippen LogP contribution in [0.2, 0.25) is 0 Å². The number of carbonyl (C=O) groups excluding carboxylic acids is 1. The van der Waals surface area contributed by atoms with Gasteiger partial charge in [-0.15, -0.1) is 0 Å². The van der Waals surface area contributed by atoms with Crippen molar-refractivity contribution in [3.8, 4) is 11.1 Å². The lowest BCUT2D eigenvalue weighted by atomic mass is 9.95. The summed E-state index contributed by atoms with van der Waals surface area (Å²) >= 11 is 0. The highest BCUT2D eigenvalue weighted by atomic mass is 32.2. The minimum absolute atomic E-state index is 0.0413. The molecule has 0 radical (unpaired) electrons. The Morgan fingerprint density at radius 3 is 2.45 bits per heavy atom. The summed E-state index contributed by atoms with van der Waals surface area (Å²) in [5.41, 5.74) is 1.15. The number of likely N-dealkylation sites (tertiary alicyclic amines) is 1. The average molecular weight is 450 g/mol. The second-order valence-corrected chi connectivity index (χ2v) is 10.2. The maximum atomic E-state index is 14.4. The number of amides is 1. The number of nitrogens with zero attached hydrogens (tertiary/aromatic N) is 2. The van der Waals surface area contributed by atoms with E-state index in [0.29, 0.717) is 31.5 Å². The summed E-state index contributed by atoms with van der Waals surface area (Å²) < 4.78 is 56.5. The lowest BCUT2D eigenvalue weighted by Gasteiger charge is -2.19. The van der Waals surface area contributed by atoms with Gasteiger partial charge in [-0.2, -0.15) is 17.4 Å². The Morgan fingerprint density at radius 2 is 1.77 bits per heavy atom. The maximum Gasteiger partial charge on any atom is 0.279 e. The fourth-order valence-corrected chi connectivity index (χ4v) is 5.05. The van der Waals surface area contributed by atoms with Gasteiger partial charge in [-0.3, -0.25) is 4.79 Å². The van der Waals surface area contributed by atoms with Crippen LogP contribution >= 0.6 is 0 Å². The molecule has 1 saturated carbocycles. The smallest absolute Gasteiger partial charge is 0.279 e. The lowest BCUT2D eigenvalue weighted by Crippen LogP contribution is -2.44.